The first-order valence-electron chi connectivity index (χ1n) is 6.45. The molecule has 2 aromatic rings. The lowest BCUT2D eigenvalue weighted by Crippen LogP contribution is -2.17. The predicted molar refractivity (Wildman–Crippen MR) is 86.0 cm³/mol. The summed E-state index contributed by atoms with van der Waals surface area (Å²) >= 11 is 3.56. The van der Waals surface area contributed by atoms with Crippen LogP contribution in [0.15, 0.2) is 53.0 Å². The van der Waals surface area contributed by atoms with E-state index in [1.54, 1.807) is 7.05 Å². The van der Waals surface area contributed by atoms with Gasteiger partial charge in [0.15, 0.2) is 0 Å². The molecule has 0 aromatic heterocycles. The van der Waals surface area contributed by atoms with E-state index in [9.17, 15) is 4.79 Å². The molecular weight excluding hydrogens is 316 g/mol. The monoisotopic (exact) mass is 332 g/mol. The van der Waals surface area contributed by atoms with E-state index in [0.29, 0.717) is 5.56 Å². The summed E-state index contributed by atoms with van der Waals surface area (Å²) in [7, 11) is 1.63. The summed E-state index contributed by atoms with van der Waals surface area (Å²) in [6.45, 7) is 2.10. The fourth-order valence-electron chi connectivity index (χ4n) is 2.02. The third-order valence-corrected chi connectivity index (χ3v) is 3.85. The van der Waals surface area contributed by atoms with Gasteiger partial charge >= 0.3 is 0 Å². The van der Waals surface area contributed by atoms with Gasteiger partial charge in [-0.3, -0.25) is 4.79 Å². The summed E-state index contributed by atoms with van der Waals surface area (Å²) in [5.41, 5.74) is 2.84. The molecule has 0 fully saturated rings. The fraction of sp³-hybridized carbons (Fsp3) is 0.188. The van der Waals surface area contributed by atoms with E-state index in [2.05, 4.69) is 39.6 Å². The van der Waals surface area contributed by atoms with Crippen molar-refractivity contribution in [2.45, 2.75) is 13.0 Å². The van der Waals surface area contributed by atoms with Crippen LogP contribution in [0, 0.1) is 0 Å². The number of hydrogen-bond donors (Lipinski definition) is 2. The van der Waals surface area contributed by atoms with E-state index < -0.39 is 0 Å². The normalized spacial score (nSPS) is 11.8. The van der Waals surface area contributed by atoms with Crippen molar-refractivity contribution in [1.82, 2.24) is 5.32 Å². The third kappa shape index (κ3) is 3.39. The molecule has 0 bridgehead atoms. The van der Waals surface area contributed by atoms with E-state index >= 15 is 0 Å². The Labute approximate surface area is 127 Å². The minimum atomic E-state index is -0.0737. The topological polar surface area (TPSA) is 41.1 Å². The molecule has 1 atom stereocenters. The van der Waals surface area contributed by atoms with Gasteiger partial charge in [-0.1, -0.05) is 34.1 Å². The molecule has 4 heteroatoms. The van der Waals surface area contributed by atoms with Crippen molar-refractivity contribution < 1.29 is 4.79 Å². The van der Waals surface area contributed by atoms with Gasteiger partial charge in [-0.2, -0.15) is 0 Å². The van der Waals surface area contributed by atoms with Crippen molar-refractivity contribution in [3.8, 4) is 0 Å². The van der Waals surface area contributed by atoms with Crippen LogP contribution in [0.4, 0.5) is 5.69 Å². The lowest BCUT2D eigenvalue weighted by Gasteiger charge is -2.17. The highest BCUT2D eigenvalue weighted by Crippen LogP contribution is 2.26. The van der Waals surface area contributed by atoms with Gasteiger partial charge in [-0.15, -0.1) is 0 Å². The Morgan fingerprint density at radius 3 is 2.35 bits per heavy atom. The number of carbonyl (C=O) groups excluding carboxylic acids is 1. The van der Waals surface area contributed by atoms with Crippen LogP contribution in [-0.4, -0.2) is 13.0 Å². The number of benzene rings is 2. The molecule has 0 aliphatic carbocycles. The van der Waals surface area contributed by atoms with E-state index in [1.165, 1.54) is 5.56 Å². The van der Waals surface area contributed by atoms with Gasteiger partial charge < -0.3 is 10.6 Å². The zero-order valence-corrected chi connectivity index (χ0v) is 13.1. The highest BCUT2D eigenvalue weighted by Gasteiger charge is 2.09. The number of anilines is 1. The molecule has 0 radical (unpaired) electrons. The number of carbonyl (C=O) groups is 1. The molecule has 0 spiro atoms. The summed E-state index contributed by atoms with van der Waals surface area (Å²) in [5.74, 6) is -0.0737. The molecule has 3 nitrogen and oxygen atoms in total. The molecule has 2 aromatic carbocycles. The van der Waals surface area contributed by atoms with Crippen molar-refractivity contribution in [3.63, 3.8) is 0 Å². The Hall–Kier alpha value is -1.81. The Balaban J connectivity index is 2.10. The van der Waals surface area contributed by atoms with Gasteiger partial charge in [0.2, 0.25) is 0 Å². The van der Waals surface area contributed by atoms with E-state index in [-0.39, 0.29) is 11.9 Å². The molecule has 2 rings (SSSR count). The van der Waals surface area contributed by atoms with Gasteiger partial charge in [0.1, 0.15) is 0 Å². The molecule has 104 valence electrons. The number of hydrogen-bond acceptors (Lipinski definition) is 2. The summed E-state index contributed by atoms with van der Waals surface area (Å²) in [6.07, 6.45) is 0. The first-order chi connectivity index (χ1) is 9.61. The Morgan fingerprint density at radius 1 is 1.10 bits per heavy atom. The molecular formula is C16H17BrN2O. The van der Waals surface area contributed by atoms with E-state index in [1.807, 2.05) is 42.5 Å². The molecule has 1 amide bonds. The standard InChI is InChI=1S/C16H17BrN2O/c1-11(14-5-3-4-6-15(14)17)19-13-9-7-12(8-10-13)16(20)18-2/h3-11,19H,1-2H3,(H,18,20). The maximum Gasteiger partial charge on any atom is 0.251 e. The fourth-order valence-corrected chi connectivity index (χ4v) is 2.64. The van der Waals surface area contributed by atoms with Gasteiger partial charge in [0.25, 0.3) is 5.91 Å². The molecule has 0 saturated carbocycles. The minimum absolute atomic E-state index is 0.0737. The minimum Gasteiger partial charge on any atom is -0.378 e. The average Bonchev–Trinajstić information content (AvgIpc) is 2.47. The Kier molecular flexibility index (Phi) is 4.79. The van der Waals surface area contributed by atoms with E-state index in [0.717, 1.165) is 10.2 Å². The first-order valence-corrected chi connectivity index (χ1v) is 7.24. The van der Waals surface area contributed by atoms with Crippen molar-refractivity contribution in [3.05, 3.63) is 64.1 Å². The van der Waals surface area contributed by atoms with Crippen LogP contribution in [0.5, 0.6) is 0 Å². The predicted octanol–water partition coefficient (Wildman–Crippen LogP) is 3.98. The van der Waals surface area contributed by atoms with Crippen LogP contribution in [0.1, 0.15) is 28.9 Å². The van der Waals surface area contributed by atoms with Crippen LogP contribution in [0.3, 0.4) is 0 Å². The van der Waals surface area contributed by atoms with Gasteiger partial charge in [0, 0.05) is 28.8 Å². The molecule has 2 N–H and O–H groups in total. The quantitative estimate of drug-likeness (QED) is 0.889. The van der Waals surface area contributed by atoms with Crippen LogP contribution >= 0.6 is 15.9 Å². The average molecular weight is 333 g/mol. The van der Waals surface area contributed by atoms with E-state index in [4.69, 9.17) is 0 Å². The summed E-state index contributed by atoms with van der Waals surface area (Å²) < 4.78 is 1.09. The maximum absolute atomic E-state index is 11.5. The SMILES string of the molecule is CNC(=O)c1ccc(NC(C)c2ccccc2Br)cc1. The van der Waals surface area contributed by atoms with Gasteiger partial charge in [-0.25, -0.2) is 0 Å². The summed E-state index contributed by atoms with van der Waals surface area (Å²) in [6, 6.07) is 15.8. The molecule has 0 aliphatic heterocycles. The van der Waals surface area contributed by atoms with Crippen molar-refractivity contribution in [1.29, 1.82) is 0 Å². The lowest BCUT2D eigenvalue weighted by atomic mass is 10.1. The lowest BCUT2D eigenvalue weighted by molar-refractivity contribution is 0.0963. The van der Waals surface area contributed by atoms with Crippen molar-refractivity contribution in [2.24, 2.45) is 0 Å². The summed E-state index contributed by atoms with van der Waals surface area (Å²) in [4.78, 5) is 11.5. The zero-order chi connectivity index (χ0) is 14.5. The first kappa shape index (κ1) is 14.6. The second-order valence-corrected chi connectivity index (χ2v) is 5.40. The van der Waals surface area contributed by atoms with Crippen LogP contribution in [0.25, 0.3) is 0 Å². The van der Waals surface area contributed by atoms with Crippen molar-refractivity contribution >= 4 is 27.5 Å². The second kappa shape index (κ2) is 6.57. The largest absolute Gasteiger partial charge is 0.378 e. The third-order valence-electron chi connectivity index (χ3n) is 3.13. The molecule has 0 aliphatic rings. The molecule has 0 heterocycles. The molecule has 20 heavy (non-hydrogen) atoms. The highest BCUT2D eigenvalue weighted by atomic mass is 79.9. The number of halogens is 1. The molecule has 0 saturated heterocycles. The van der Waals surface area contributed by atoms with Crippen LogP contribution in [-0.2, 0) is 0 Å². The number of amides is 1. The number of rotatable bonds is 4. The Morgan fingerprint density at radius 2 is 1.75 bits per heavy atom. The number of nitrogens with one attached hydrogen (secondary N) is 2. The zero-order valence-electron chi connectivity index (χ0n) is 11.5. The van der Waals surface area contributed by atoms with Crippen LogP contribution < -0.4 is 10.6 Å². The Bertz CT molecular complexity index is 596. The van der Waals surface area contributed by atoms with Gasteiger partial charge in [0.05, 0.1) is 0 Å². The van der Waals surface area contributed by atoms with Gasteiger partial charge in [-0.05, 0) is 42.8 Å². The van der Waals surface area contributed by atoms with Crippen LogP contribution in [0.2, 0.25) is 0 Å². The molecule has 1 unspecified atom stereocenters. The van der Waals surface area contributed by atoms with Crippen molar-refractivity contribution in [2.75, 3.05) is 12.4 Å². The maximum atomic E-state index is 11.5. The smallest absolute Gasteiger partial charge is 0.251 e. The second-order valence-electron chi connectivity index (χ2n) is 4.54. The highest BCUT2D eigenvalue weighted by molar-refractivity contribution is 9.10. The summed E-state index contributed by atoms with van der Waals surface area (Å²) in [5, 5.41) is 6.03.